The maximum absolute atomic E-state index is 13.7. The number of allylic oxidation sites excluding steroid dienone is 1. The van der Waals surface area contributed by atoms with Crippen LogP contribution in [-0.2, 0) is 10.2 Å². The summed E-state index contributed by atoms with van der Waals surface area (Å²) in [6.07, 6.45) is 2.29. The smallest absolute Gasteiger partial charge is 0.239 e. The SMILES string of the molecule is C=CCC(C(=O)Nc1ccc(OC)cc1C)(c1ccccc1)c1ccccc1. The molecule has 0 saturated carbocycles. The fraction of sp³-hybridized carbons (Fsp3) is 0.160. The van der Waals surface area contributed by atoms with Crippen LogP contribution in [0.3, 0.4) is 0 Å². The number of aryl methyl sites for hydroxylation is 1. The zero-order valence-corrected chi connectivity index (χ0v) is 16.3. The second kappa shape index (κ2) is 8.57. The van der Waals surface area contributed by atoms with Gasteiger partial charge < -0.3 is 10.1 Å². The Morgan fingerprint density at radius 3 is 2.04 bits per heavy atom. The number of carbonyl (C=O) groups is 1. The first kappa shape index (κ1) is 19.4. The summed E-state index contributed by atoms with van der Waals surface area (Å²) in [5.41, 5.74) is 2.72. The van der Waals surface area contributed by atoms with Crippen LogP contribution >= 0.6 is 0 Å². The number of amides is 1. The van der Waals surface area contributed by atoms with Crippen LogP contribution in [0.4, 0.5) is 5.69 Å². The number of ether oxygens (including phenoxy) is 1. The van der Waals surface area contributed by atoms with Crippen molar-refractivity contribution in [2.24, 2.45) is 0 Å². The summed E-state index contributed by atoms with van der Waals surface area (Å²) in [4.78, 5) is 13.7. The van der Waals surface area contributed by atoms with Crippen LogP contribution in [-0.4, -0.2) is 13.0 Å². The lowest BCUT2D eigenvalue weighted by atomic mass is 9.71. The molecular weight excluding hydrogens is 346 g/mol. The fourth-order valence-electron chi connectivity index (χ4n) is 3.55. The molecule has 3 aromatic carbocycles. The minimum atomic E-state index is -0.864. The van der Waals surface area contributed by atoms with Gasteiger partial charge in [-0.25, -0.2) is 0 Å². The molecular formula is C25H25NO2. The highest BCUT2D eigenvalue weighted by Gasteiger charge is 2.41. The van der Waals surface area contributed by atoms with E-state index in [0.29, 0.717) is 6.42 Å². The zero-order chi connectivity index (χ0) is 20.0. The van der Waals surface area contributed by atoms with Crippen molar-refractivity contribution in [2.45, 2.75) is 18.8 Å². The highest BCUT2D eigenvalue weighted by Crippen LogP contribution is 2.38. The number of hydrogen-bond acceptors (Lipinski definition) is 2. The average Bonchev–Trinajstić information content (AvgIpc) is 2.74. The summed E-state index contributed by atoms with van der Waals surface area (Å²) in [6, 6.07) is 25.4. The van der Waals surface area contributed by atoms with Crippen molar-refractivity contribution in [3.05, 3.63) is 108 Å². The Labute approximate surface area is 166 Å². The van der Waals surface area contributed by atoms with Crippen LogP contribution < -0.4 is 10.1 Å². The van der Waals surface area contributed by atoms with E-state index in [1.807, 2.05) is 85.8 Å². The number of methoxy groups -OCH3 is 1. The van der Waals surface area contributed by atoms with Crippen LogP contribution in [0.2, 0.25) is 0 Å². The molecule has 3 aromatic rings. The predicted octanol–water partition coefficient (Wildman–Crippen LogP) is 5.50. The first-order chi connectivity index (χ1) is 13.6. The zero-order valence-electron chi connectivity index (χ0n) is 16.3. The summed E-state index contributed by atoms with van der Waals surface area (Å²) in [6.45, 7) is 5.89. The van der Waals surface area contributed by atoms with Gasteiger partial charge in [-0.3, -0.25) is 4.79 Å². The summed E-state index contributed by atoms with van der Waals surface area (Å²) >= 11 is 0. The van der Waals surface area contributed by atoms with Crippen molar-refractivity contribution in [1.29, 1.82) is 0 Å². The summed E-state index contributed by atoms with van der Waals surface area (Å²) in [5.74, 6) is 0.678. The number of rotatable bonds is 7. The van der Waals surface area contributed by atoms with Gasteiger partial charge >= 0.3 is 0 Å². The van der Waals surface area contributed by atoms with Crippen LogP contribution in [0, 0.1) is 6.92 Å². The Bertz CT molecular complexity index is 909. The van der Waals surface area contributed by atoms with E-state index in [-0.39, 0.29) is 5.91 Å². The highest BCUT2D eigenvalue weighted by atomic mass is 16.5. The first-order valence-corrected chi connectivity index (χ1v) is 9.30. The molecule has 28 heavy (non-hydrogen) atoms. The van der Waals surface area contributed by atoms with E-state index in [1.165, 1.54) is 0 Å². The largest absolute Gasteiger partial charge is 0.497 e. The van der Waals surface area contributed by atoms with Crippen molar-refractivity contribution in [3.63, 3.8) is 0 Å². The Kier molecular flexibility index (Phi) is 5.95. The monoisotopic (exact) mass is 371 g/mol. The van der Waals surface area contributed by atoms with Crippen LogP contribution in [0.5, 0.6) is 5.75 Å². The van der Waals surface area contributed by atoms with E-state index >= 15 is 0 Å². The van der Waals surface area contributed by atoms with Gasteiger partial charge in [0.25, 0.3) is 0 Å². The molecule has 1 amide bonds. The number of benzene rings is 3. The molecule has 0 aliphatic rings. The number of hydrogen-bond donors (Lipinski definition) is 1. The fourth-order valence-corrected chi connectivity index (χ4v) is 3.55. The van der Waals surface area contributed by atoms with E-state index in [2.05, 4.69) is 11.9 Å². The van der Waals surface area contributed by atoms with Gasteiger partial charge in [0, 0.05) is 5.69 Å². The lowest BCUT2D eigenvalue weighted by molar-refractivity contribution is -0.120. The molecule has 142 valence electrons. The van der Waals surface area contributed by atoms with Gasteiger partial charge in [0.2, 0.25) is 5.91 Å². The van der Waals surface area contributed by atoms with Gasteiger partial charge in [0.05, 0.1) is 7.11 Å². The molecule has 0 aromatic heterocycles. The van der Waals surface area contributed by atoms with E-state index in [1.54, 1.807) is 13.2 Å². The molecule has 0 aliphatic heterocycles. The number of carbonyl (C=O) groups excluding carboxylic acids is 1. The lowest BCUT2D eigenvalue weighted by Crippen LogP contribution is -2.41. The summed E-state index contributed by atoms with van der Waals surface area (Å²) in [5, 5.41) is 3.14. The quantitative estimate of drug-likeness (QED) is 0.557. The second-order valence-corrected chi connectivity index (χ2v) is 6.77. The molecule has 0 fully saturated rings. The number of anilines is 1. The molecule has 3 rings (SSSR count). The van der Waals surface area contributed by atoms with Crippen molar-refractivity contribution < 1.29 is 9.53 Å². The average molecular weight is 371 g/mol. The Morgan fingerprint density at radius 2 is 1.57 bits per heavy atom. The molecule has 0 radical (unpaired) electrons. The van der Waals surface area contributed by atoms with Crippen molar-refractivity contribution in [1.82, 2.24) is 0 Å². The minimum absolute atomic E-state index is 0.0851. The van der Waals surface area contributed by atoms with Crippen molar-refractivity contribution >= 4 is 11.6 Å². The van der Waals surface area contributed by atoms with E-state index in [0.717, 1.165) is 28.1 Å². The summed E-state index contributed by atoms with van der Waals surface area (Å²) in [7, 11) is 1.63. The summed E-state index contributed by atoms with van der Waals surface area (Å²) < 4.78 is 5.27. The topological polar surface area (TPSA) is 38.3 Å². The molecule has 1 N–H and O–H groups in total. The van der Waals surface area contributed by atoms with Crippen molar-refractivity contribution in [2.75, 3.05) is 12.4 Å². The molecule has 0 unspecified atom stereocenters. The molecule has 3 nitrogen and oxygen atoms in total. The highest BCUT2D eigenvalue weighted by molar-refractivity contribution is 6.02. The Balaban J connectivity index is 2.11. The van der Waals surface area contributed by atoms with Gasteiger partial charge in [0.1, 0.15) is 11.2 Å². The Hall–Kier alpha value is -3.33. The Morgan fingerprint density at radius 1 is 1.00 bits per heavy atom. The van der Waals surface area contributed by atoms with E-state index < -0.39 is 5.41 Å². The van der Waals surface area contributed by atoms with Crippen LogP contribution in [0.1, 0.15) is 23.1 Å². The second-order valence-electron chi connectivity index (χ2n) is 6.77. The first-order valence-electron chi connectivity index (χ1n) is 9.30. The third kappa shape index (κ3) is 3.70. The number of nitrogens with one attached hydrogen (secondary N) is 1. The van der Waals surface area contributed by atoms with Gasteiger partial charge in [-0.15, -0.1) is 6.58 Å². The molecule has 0 spiro atoms. The lowest BCUT2D eigenvalue weighted by Gasteiger charge is -2.33. The van der Waals surface area contributed by atoms with E-state index in [4.69, 9.17) is 4.74 Å². The minimum Gasteiger partial charge on any atom is -0.497 e. The third-order valence-electron chi connectivity index (χ3n) is 5.05. The predicted molar refractivity (Wildman–Crippen MR) is 115 cm³/mol. The van der Waals surface area contributed by atoms with Crippen LogP contribution in [0.15, 0.2) is 91.5 Å². The maximum atomic E-state index is 13.7. The van der Waals surface area contributed by atoms with Gasteiger partial charge in [-0.2, -0.15) is 0 Å². The van der Waals surface area contributed by atoms with Gasteiger partial charge in [-0.1, -0.05) is 66.7 Å². The normalized spacial score (nSPS) is 10.9. The molecule has 0 saturated heterocycles. The van der Waals surface area contributed by atoms with Crippen molar-refractivity contribution in [3.8, 4) is 5.75 Å². The molecule has 0 bridgehead atoms. The maximum Gasteiger partial charge on any atom is 0.239 e. The standard InChI is InChI=1S/C25H25NO2/c1-4-17-25(20-11-7-5-8-12-20,21-13-9-6-10-14-21)24(27)26-23-16-15-22(28-3)18-19(23)2/h4-16,18H,1,17H2,2-3H3,(H,26,27). The van der Waals surface area contributed by atoms with Crippen LogP contribution in [0.25, 0.3) is 0 Å². The van der Waals surface area contributed by atoms with E-state index in [9.17, 15) is 4.79 Å². The van der Waals surface area contributed by atoms with Gasteiger partial charge in [0.15, 0.2) is 0 Å². The van der Waals surface area contributed by atoms with Gasteiger partial charge in [-0.05, 0) is 48.2 Å². The third-order valence-corrected chi connectivity index (χ3v) is 5.05. The molecule has 3 heteroatoms. The molecule has 0 atom stereocenters. The molecule has 0 aliphatic carbocycles. The molecule has 0 heterocycles.